The van der Waals surface area contributed by atoms with Gasteiger partial charge in [-0.25, -0.2) is 43.1 Å². The minimum absolute atomic E-state index is 0.376. The molecule has 12 rings (SSSR count). The molecule has 33 heteroatoms. The van der Waals surface area contributed by atoms with E-state index in [9.17, 15) is 13.2 Å². The molecule has 12 aromatic heterocycles. The second kappa shape index (κ2) is 36.0. The molecule has 0 amide bonds. The van der Waals surface area contributed by atoms with Crippen LogP contribution in [-0.4, -0.2) is 129 Å². The Labute approximate surface area is 589 Å². The van der Waals surface area contributed by atoms with Gasteiger partial charge in [0.1, 0.15) is 77.5 Å². The number of aromatic nitrogens is 12. The summed E-state index contributed by atoms with van der Waals surface area (Å²) in [7, 11) is 15.2. The predicted molar refractivity (Wildman–Crippen MR) is 388 cm³/mol. The van der Waals surface area contributed by atoms with Crippen molar-refractivity contribution in [2.45, 2.75) is 13.8 Å². The molecule has 0 spiro atoms. The molecule has 0 aromatic carbocycles. The van der Waals surface area contributed by atoms with Gasteiger partial charge in [-0.1, -0.05) is 138 Å². The molecule has 0 bridgehead atoms. The Balaban J connectivity index is 0.000000158. The Morgan fingerprint density at radius 2 is 0.613 bits per heavy atom. The number of thiazole rings is 6. The largest absolute Gasteiger partial charge is 0.377 e. The standard InChI is InChI=1S/C11H11ClFN3S.C11H12ClN3S.C10H9ClFN3S.C10H10ClN3S.C9H7ClFN3S.C9H8ClN3S/c1-3-16(2)11-9(12)15-10(17-11)7-4-8(13)6-14-5-7;1-3-15(2)11-9(12)14-10(16-11)8-5-4-6-13-7-8;1-15(2)10-8(11)14-9(16-10)6-3-7(12)5-13-4-6;1-14(2)10-8(11)13-9(15-10)7-4-3-5-12-6-7;1-12-9-7(10)14-8(15-9)5-2-6(11)4-13-3-5;1-11-9-7(10)13-8(14-9)6-3-2-4-12-5-6/h4-6H,3H2,1-2H3;4-7H,3H2,1-2H3;3-5H,1-2H3;3-6H,1-2H3;2-4,12H,1H3;2-5,11H,1H3. The lowest BCUT2D eigenvalue weighted by Crippen LogP contribution is -2.14. The second-order valence-electron chi connectivity index (χ2n) is 19.0. The summed E-state index contributed by atoms with van der Waals surface area (Å²) in [6, 6.07) is 15.7. The number of anilines is 6. The highest BCUT2D eigenvalue weighted by Gasteiger charge is 2.18. The van der Waals surface area contributed by atoms with E-state index in [-0.39, 0.29) is 17.5 Å². The van der Waals surface area contributed by atoms with E-state index in [1.807, 2.05) is 107 Å². The third kappa shape index (κ3) is 21.0. The molecule has 12 heterocycles. The van der Waals surface area contributed by atoms with Crippen molar-refractivity contribution in [3.63, 3.8) is 0 Å². The molecule has 2 N–H and O–H groups in total. The third-order valence-electron chi connectivity index (χ3n) is 11.9. The van der Waals surface area contributed by atoms with E-state index in [1.165, 1.54) is 63.5 Å². The Bertz CT molecular complexity index is 4280. The van der Waals surface area contributed by atoms with Crippen molar-refractivity contribution in [1.82, 2.24) is 59.8 Å². The number of pyridine rings is 6. The van der Waals surface area contributed by atoms with Crippen molar-refractivity contribution in [3.8, 4) is 63.4 Å². The molecular weight excluding hydrogens is 1430 g/mol. The van der Waals surface area contributed by atoms with Crippen molar-refractivity contribution in [2.75, 3.05) is 99.7 Å². The highest BCUT2D eigenvalue weighted by molar-refractivity contribution is 7.21. The van der Waals surface area contributed by atoms with Crippen LogP contribution in [0.3, 0.4) is 0 Å². The van der Waals surface area contributed by atoms with Crippen LogP contribution in [0.4, 0.5) is 43.2 Å². The molecule has 0 aliphatic rings. The minimum atomic E-state index is -0.384. The highest BCUT2D eigenvalue weighted by atomic mass is 35.5. The van der Waals surface area contributed by atoms with Gasteiger partial charge in [0.15, 0.2) is 30.9 Å². The molecular formula is C60H57Cl6F3N18S6. The van der Waals surface area contributed by atoms with Crippen LogP contribution in [0.5, 0.6) is 0 Å². The molecule has 0 fully saturated rings. The maximum absolute atomic E-state index is 13.1. The number of halogens is 9. The van der Waals surface area contributed by atoms with Gasteiger partial charge in [-0.05, 0) is 68.4 Å². The molecule has 93 heavy (non-hydrogen) atoms. The smallest absolute Gasteiger partial charge is 0.164 e. The molecule has 0 atom stereocenters. The number of nitrogens with one attached hydrogen (secondary N) is 2. The van der Waals surface area contributed by atoms with Gasteiger partial charge in [0.05, 0.1) is 18.6 Å². The normalized spacial score (nSPS) is 10.4. The fourth-order valence-electron chi connectivity index (χ4n) is 7.19. The Hall–Kier alpha value is -6.99. The maximum atomic E-state index is 13.1. The van der Waals surface area contributed by atoms with E-state index in [0.29, 0.717) is 62.6 Å². The lowest BCUT2D eigenvalue weighted by molar-refractivity contribution is 0.621. The van der Waals surface area contributed by atoms with Gasteiger partial charge in [-0.2, -0.15) is 0 Å². The summed E-state index contributed by atoms with van der Waals surface area (Å²) < 4.78 is 39.0. The van der Waals surface area contributed by atoms with Gasteiger partial charge < -0.3 is 30.2 Å². The summed E-state index contributed by atoms with van der Waals surface area (Å²) in [4.78, 5) is 56.8. The topological polar surface area (TPSA) is 192 Å². The fourth-order valence-corrected chi connectivity index (χ4v) is 14.8. The summed E-state index contributed by atoms with van der Waals surface area (Å²) in [5.74, 6) is -1.14. The van der Waals surface area contributed by atoms with E-state index in [4.69, 9.17) is 69.6 Å². The molecule has 12 aromatic rings. The van der Waals surface area contributed by atoms with Crippen LogP contribution in [0.1, 0.15) is 13.8 Å². The van der Waals surface area contributed by atoms with Gasteiger partial charge in [-0.15, -0.1) is 0 Å². The van der Waals surface area contributed by atoms with E-state index in [0.717, 1.165) is 93.4 Å². The molecule has 0 unspecified atom stereocenters. The number of nitrogens with zero attached hydrogens (tertiary/aromatic N) is 16. The average molecular weight is 1490 g/mol. The average Bonchev–Trinajstić information content (AvgIpc) is 2.03. The van der Waals surface area contributed by atoms with Crippen molar-refractivity contribution >= 4 is 168 Å². The Morgan fingerprint density at radius 3 is 0.860 bits per heavy atom. The monoisotopic (exact) mass is 1490 g/mol. The second-order valence-corrected chi connectivity index (χ2v) is 27.0. The zero-order valence-electron chi connectivity index (χ0n) is 51.0. The van der Waals surface area contributed by atoms with Gasteiger partial charge in [0.25, 0.3) is 0 Å². The Morgan fingerprint density at radius 1 is 0.355 bits per heavy atom. The van der Waals surface area contributed by atoms with Crippen molar-refractivity contribution in [3.05, 3.63) is 177 Å². The molecule has 0 aliphatic heterocycles. The zero-order chi connectivity index (χ0) is 67.3. The third-order valence-corrected chi connectivity index (χ3v) is 21.4. The van der Waals surface area contributed by atoms with Crippen LogP contribution < -0.4 is 30.2 Å². The number of hydrogen-bond acceptors (Lipinski definition) is 24. The molecule has 0 radical (unpaired) electrons. The van der Waals surface area contributed by atoms with Crippen LogP contribution in [0.15, 0.2) is 129 Å². The van der Waals surface area contributed by atoms with Crippen molar-refractivity contribution < 1.29 is 13.2 Å². The maximum Gasteiger partial charge on any atom is 0.164 e. The first kappa shape index (κ1) is 73.4. The van der Waals surface area contributed by atoms with E-state index >= 15 is 0 Å². The van der Waals surface area contributed by atoms with Gasteiger partial charge in [0.2, 0.25) is 0 Å². The van der Waals surface area contributed by atoms with Crippen LogP contribution >= 0.6 is 138 Å². The fraction of sp³-hybridized carbons (Fsp3) is 0.200. The molecule has 0 saturated carbocycles. The van der Waals surface area contributed by atoms with Crippen LogP contribution in [-0.2, 0) is 0 Å². The van der Waals surface area contributed by atoms with Crippen LogP contribution in [0, 0.1) is 17.5 Å². The summed E-state index contributed by atoms with van der Waals surface area (Å²) in [6.45, 7) is 5.86. The SMILES string of the molecule is CCN(C)c1sc(-c2cccnc2)nc1Cl.CCN(C)c1sc(-c2cncc(F)c2)nc1Cl.CN(C)c1sc(-c2cccnc2)nc1Cl.CN(C)c1sc(-c2cncc(F)c2)nc1Cl.CNc1sc(-c2cccnc2)nc1Cl.CNc1sc(-c2cncc(F)c2)nc1Cl. The Kier molecular flexibility index (Phi) is 28.5. The lowest BCUT2D eigenvalue weighted by Gasteiger charge is -2.13. The first-order valence-electron chi connectivity index (χ1n) is 27.3. The number of hydrogen-bond donors (Lipinski definition) is 2. The van der Waals surface area contributed by atoms with E-state index < -0.39 is 0 Å². The predicted octanol–water partition coefficient (Wildman–Crippen LogP) is 18.7. The quantitative estimate of drug-likeness (QED) is 0.104. The summed E-state index contributed by atoms with van der Waals surface area (Å²) in [5.41, 5.74) is 4.90. The highest BCUT2D eigenvalue weighted by Crippen LogP contribution is 2.41. The van der Waals surface area contributed by atoms with E-state index in [1.54, 1.807) is 85.5 Å². The molecule has 0 saturated heterocycles. The van der Waals surface area contributed by atoms with Gasteiger partial charge in [-0.3, -0.25) is 29.9 Å². The van der Waals surface area contributed by atoms with Gasteiger partial charge in [0, 0.05) is 159 Å². The molecule has 18 nitrogen and oxygen atoms in total. The van der Waals surface area contributed by atoms with Crippen molar-refractivity contribution in [2.24, 2.45) is 0 Å². The minimum Gasteiger partial charge on any atom is -0.377 e. The van der Waals surface area contributed by atoms with E-state index in [2.05, 4.69) is 82.3 Å². The lowest BCUT2D eigenvalue weighted by atomic mass is 10.3. The van der Waals surface area contributed by atoms with Gasteiger partial charge >= 0.3 is 0 Å². The summed E-state index contributed by atoms with van der Waals surface area (Å²) in [6.07, 6.45) is 18.7. The molecule has 0 aliphatic carbocycles. The first-order valence-corrected chi connectivity index (χ1v) is 34.4. The summed E-state index contributed by atoms with van der Waals surface area (Å²) >= 11 is 44.8. The molecule has 486 valence electrons. The van der Waals surface area contributed by atoms with Crippen molar-refractivity contribution in [1.29, 1.82) is 0 Å². The number of rotatable bonds is 14. The first-order chi connectivity index (χ1) is 44.6. The van der Waals surface area contributed by atoms with Crippen LogP contribution in [0.2, 0.25) is 30.9 Å². The zero-order valence-corrected chi connectivity index (χ0v) is 60.5. The summed E-state index contributed by atoms with van der Waals surface area (Å²) in [5, 5.41) is 18.8. The van der Waals surface area contributed by atoms with Crippen LogP contribution in [0.25, 0.3) is 63.4 Å².